The predicted octanol–water partition coefficient (Wildman–Crippen LogP) is 1.33. The number of rotatable bonds is 1. The van der Waals surface area contributed by atoms with E-state index in [0.717, 1.165) is 5.56 Å². The predicted molar refractivity (Wildman–Crippen MR) is 45.8 cm³/mol. The third kappa shape index (κ3) is 1.79. The van der Waals surface area contributed by atoms with E-state index in [2.05, 4.69) is 30.9 Å². The molecule has 0 N–H and O–H groups in total. The van der Waals surface area contributed by atoms with Gasteiger partial charge in [0.15, 0.2) is 5.69 Å². The fourth-order valence-corrected chi connectivity index (χ4v) is 1.17. The first-order valence-electron chi connectivity index (χ1n) is 3.23. The second kappa shape index (κ2) is 3.62. The molecule has 0 unspecified atom stereocenters. The van der Waals surface area contributed by atoms with E-state index in [9.17, 15) is 4.79 Å². The van der Waals surface area contributed by atoms with Crippen LogP contribution in [0.2, 0.25) is 0 Å². The van der Waals surface area contributed by atoms with Crippen LogP contribution in [0.4, 0.5) is 0 Å². The van der Waals surface area contributed by atoms with Crippen molar-refractivity contribution in [1.29, 1.82) is 0 Å². The zero-order valence-corrected chi connectivity index (χ0v) is 8.25. The minimum absolute atomic E-state index is 0.251. The highest BCUT2D eigenvalue weighted by Crippen LogP contribution is 2.10. The SMILES string of the molecule is COC(=O)c1nnc(Br)cc1C. The van der Waals surface area contributed by atoms with E-state index < -0.39 is 5.97 Å². The van der Waals surface area contributed by atoms with Gasteiger partial charge in [0.2, 0.25) is 0 Å². The zero-order chi connectivity index (χ0) is 9.14. The Balaban J connectivity index is 3.09. The molecule has 0 amide bonds. The number of carbonyl (C=O) groups is 1. The van der Waals surface area contributed by atoms with Gasteiger partial charge in [0.1, 0.15) is 4.60 Å². The highest BCUT2D eigenvalue weighted by Gasteiger charge is 2.11. The number of hydrogen-bond donors (Lipinski definition) is 0. The Kier molecular flexibility index (Phi) is 2.75. The minimum atomic E-state index is -0.465. The van der Waals surface area contributed by atoms with Crippen molar-refractivity contribution in [3.63, 3.8) is 0 Å². The van der Waals surface area contributed by atoms with Crippen LogP contribution in [-0.2, 0) is 4.74 Å². The van der Waals surface area contributed by atoms with Gasteiger partial charge in [-0.3, -0.25) is 0 Å². The first kappa shape index (κ1) is 9.12. The van der Waals surface area contributed by atoms with Crippen molar-refractivity contribution in [3.8, 4) is 0 Å². The van der Waals surface area contributed by atoms with Gasteiger partial charge in [-0.25, -0.2) is 4.79 Å². The second-order valence-corrected chi connectivity index (χ2v) is 3.00. The van der Waals surface area contributed by atoms with Crippen LogP contribution in [0, 0.1) is 6.92 Å². The van der Waals surface area contributed by atoms with Crippen LogP contribution in [0.5, 0.6) is 0 Å². The summed E-state index contributed by atoms with van der Waals surface area (Å²) in [6, 6.07) is 1.71. The van der Waals surface area contributed by atoms with Gasteiger partial charge in [0.05, 0.1) is 7.11 Å². The van der Waals surface area contributed by atoms with Crippen molar-refractivity contribution < 1.29 is 9.53 Å². The van der Waals surface area contributed by atoms with Gasteiger partial charge in [-0.2, -0.15) is 0 Å². The zero-order valence-electron chi connectivity index (χ0n) is 6.67. The van der Waals surface area contributed by atoms with E-state index in [-0.39, 0.29) is 5.69 Å². The smallest absolute Gasteiger partial charge is 0.358 e. The van der Waals surface area contributed by atoms with Crippen molar-refractivity contribution in [3.05, 3.63) is 21.9 Å². The maximum Gasteiger partial charge on any atom is 0.358 e. The number of esters is 1. The maximum absolute atomic E-state index is 11.0. The first-order chi connectivity index (χ1) is 5.65. The van der Waals surface area contributed by atoms with Gasteiger partial charge < -0.3 is 4.74 Å². The van der Waals surface area contributed by atoms with Crippen molar-refractivity contribution in [2.45, 2.75) is 6.92 Å². The molecule has 1 heterocycles. The van der Waals surface area contributed by atoms with Crippen LogP contribution in [0.1, 0.15) is 16.1 Å². The molecule has 64 valence electrons. The van der Waals surface area contributed by atoms with Crippen LogP contribution in [0.15, 0.2) is 10.7 Å². The third-order valence-electron chi connectivity index (χ3n) is 1.33. The molecule has 0 aliphatic heterocycles. The number of hydrogen-bond acceptors (Lipinski definition) is 4. The topological polar surface area (TPSA) is 52.1 Å². The molecule has 0 bridgehead atoms. The lowest BCUT2D eigenvalue weighted by atomic mass is 10.2. The van der Waals surface area contributed by atoms with Crippen LogP contribution < -0.4 is 0 Å². The van der Waals surface area contributed by atoms with Crippen molar-refractivity contribution in [2.24, 2.45) is 0 Å². The van der Waals surface area contributed by atoms with E-state index in [1.165, 1.54) is 7.11 Å². The molecule has 0 spiro atoms. The quantitative estimate of drug-likeness (QED) is 0.684. The molecule has 1 rings (SSSR count). The van der Waals surface area contributed by atoms with E-state index in [0.29, 0.717) is 4.60 Å². The summed E-state index contributed by atoms with van der Waals surface area (Å²) in [5.74, 6) is -0.465. The Morgan fingerprint density at radius 2 is 2.25 bits per heavy atom. The van der Waals surface area contributed by atoms with Crippen molar-refractivity contribution in [2.75, 3.05) is 7.11 Å². The normalized spacial score (nSPS) is 9.58. The van der Waals surface area contributed by atoms with E-state index in [4.69, 9.17) is 0 Å². The molecular formula is C7H7BrN2O2. The van der Waals surface area contributed by atoms with Crippen LogP contribution in [-0.4, -0.2) is 23.3 Å². The van der Waals surface area contributed by atoms with Gasteiger partial charge >= 0.3 is 5.97 Å². The molecule has 0 atom stereocenters. The molecule has 5 heteroatoms. The number of carbonyl (C=O) groups excluding carboxylic acids is 1. The summed E-state index contributed by atoms with van der Waals surface area (Å²) in [7, 11) is 1.31. The summed E-state index contributed by atoms with van der Waals surface area (Å²) in [6.45, 7) is 1.77. The number of ether oxygens (including phenoxy) is 1. The Hall–Kier alpha value is -0.970. The minimum Gasteiger partial charge on any atom is -0.464 e. The van der Waals surface area contributed by atoms with E-state index in [1.54, 1.807) is 13.0 Å². The Morgan fingerprint density at radius 3 is 2.75 bits per heavy atom. The summed E-state index contributed by atoms with van der Waals surface area (Å²) in [6.07, 6.45) is 0. The average molecular weight is 231 g/mol. The molecule has 0 radical (unpaired) electrons. The van der Waals surface area contributed by atoms with Crippen molar-refractivity contribution >= 4 is 21.9 Å². The Morgan fingerprint density at radius 1 is 1.58 bits per heavy atom. The summed E-state index contributed by atoms with van der Waals surface area (Å²) in [5, 5.41) is 7.35. The number of methoxy groups -OCH3 is 1. The molecule has 0 aliphatic rings. The lowest BCUT2D eigenvalue weighted by Gasteiger charge is -2.00. The highest BCUT2D eigenvalue weighted by molar-refractivity contribution is 9.10. The number of halogens is 1. The molecule has 0 saturated heterocycles. The summed E-state index contributed by atoms with van der Waals surface area (Å²) in [5.41, 5.74) is 0.990. The highest BCUT2D eigenvalue weighted by atomic mass is 79.9. The average Bonchev–Trinajstić information content (AvgIpc) is 2.03. The molecule has 0 aliphatic carbocycles. The van der Waals surface area contributed by atoms with Gasteiger partial charge in [0.25, 0.3) is 0 Å². The molecule has 1 aromatic rings. The molecule has 0 fully saturated rings. The number of nitrogens with zero attached hydrogens (tertiary/aromatic N) is 2. The van der Waals surface area contributed by atoms with Crippen LogP contribution >= 0.6 is 15.9 Å². The second-order valence-electron chi connectivity index (χ2n) is 2.19. The van der Waals surface area contributed by atoms with Crippen molar-refractivity contribution in [1.82, 2.24) is 10.2 Å². The fraction of sp³-hybridized carbons (Fsp3) is 0.286. The van der Waals surface area contributed by atoms with Crippen LogP contribution in [0.25, 0.3) is 0 Å². The number of aryl methyl sites for hydroxylation is 1. The first-order valence-corrected chi connectivity index (χ1v) is 4.02. The monoisotopic (exact) mass is 230 g/mol. The lowest BCUT2D eigenvalue weighted by molar-refractivity contribution is 0.0591. The molecule has 0 saturated carbocycles. The molecule has 4 nitrogen and oxygen atoms in total. The molecule has 0 aromatic carbocycles. The van der Waals surface area contributed by atoms with Gasteiger partial charge in [-0.1, -0.05) is 0 Å². The summed E-state index contributed by atoms with van der Waals surface area (Å²) < 4.78 is 5.10. The third-order valence-corrected chi connectivity index (χ3v) is 1.72. The maximum atomic E-state index is 11.0. The largest absolute Gasteiger partial charge is 0.464 e. The van der Waals surface area contributed by atoms with E-state index >= 15 is 0 Å². The molecule has 1 aromatic heterocycles. The fourth-order valence-electron chi connectivity index (χ4n) is 0.751. The summed E-state index contributed by atoms with van der Waals surface area (Å²) in [4.78, 5) is 11.0. The van der Waals surface area contributed by atoms with E-state index in [1.807, 2.05) is 0 Å². The Labute approximate surface area is 78.1 Å². The van der Waals surface area contributed by atoms with Gasteiger partial charge in [-0.05, 0) is 34.5 Å². The van der Waals surface area contributed by atoms with Gasteiger partial charge in [-0.15, -0.1) is 10.2 Å². The standard InChI is InChI=1S/C7H7BrN2O2/c1-4-3-5(8)9-10-6(4)7(11)12-2/h3H,1-2H3. The van der Waals surface area contributed by atoms with Crippen LogP contribution in [0.3, 0.4) is 0 Å². The number of aromatic nitrogens is 2. The van der Waals surface area contributed by atoms with Gasteiger partial charge in [0, 0.05) is 0 Å². The Bertz CT molecular complexity index is 314. The lowest BCUT2D eigenvalue weighted by Crippen LogP contribution is -2.07. The summed E-state index contributed by atoms with van der Waals surface area (Å²) >= 11 is 3.14. The molecular weight excluding hydrogens is 224 g/mol. The molecule has 12 heavy (non-hydrogen) atoms.